The third-order valence-electron chi connectivity index (χ3n) is 4.70. The number of guanidine groups is 1. The Hall–Kier alpha value is -0.820. The van der Waals surface area contributed by atoms with E-state index in [4.69, 9.17) is 5.73 Å². The topological polar surface area (TPSA) is 44.9 Å². The van der Waals surface area contributed by atoms with Crippen LogP contribution in [0.1, 0.15) is 44.7 Å². The van der Waals surface area contributed by atoms with E-state index in [1.165, 1.54) is 24.0 Å². The van der Waals surface area contributed by atoms with E-state index in [0.29, 0.717) is 12.5 Å². The molecule has 1 saturated heterocycles. The fourth-order valence-electron chi connectivity index (χ4n) is 3.20. The van der Waals surface area contributed by atoms with Crippen LogP contribution in [0, 0.1) is 5.92 Å². The first-order valence-electron chi connectivity index (χ1n) is 8.97. The largest absolute Gasteiger partial charge is 0.370 e. The van der Waals surface area contributed by atoms with E-state index in [2.05, 4.69) is 59.8 Å². The van der Waals surface area contributed by atoms with Crippen molar-refractivity contribution >= 4 is 29.9 Å². The molecule has 1 aliphatic rings. The molecule has 4 nitrogen and oxygen atoms in total. The van der Waals surface area contributed by atoms with Crippen molar-refractivity contribution in [3.05, 3.63) is 35.4 Å². The highest BCUT2D eigenvalue weighted by Crippen LogP contribution is 2.15. The van der Waals surface area contributed by atoms with Crippen LogP contribution in [0.3, 0.4) is 0 Å². The molecule has 0 aliphatic carbocycles. The summed E-state index contributed by atoms with van der Waals surface area (Å²) in [6.07, 6.45) is 2.52. The number of likely N-dealkylation sites (tertiary alicyclic amines) is 1. The van der Waals surface area contributed by atoms with Gasteiger partial charge in [0.1, 0.15) is 0 Å². The fourth-order valence-corrected chi connectivity index (χ4v) is 3.20. The summed E-state index contributed by atoms with van der Waals surface area (Å²) in [5.41, 5.74) is 8.78. The Morgan fingerprint density at radius 2 is 2.00 bits per heavy atom. The van der Waals surface area contributed by atoms with Crippen LogP contribution in [-0.4, -0.2) is 41.9 Å². The Kier molecular flexibility index (Phi) is 9.66. The Labute approximate surface area is 164 Å². The van der Waals surface area contributed by atoms with E-state index in [-0.39, 0.29) is 24.0 Å². The highest BCUT2D eigenvalue weighted by atomic mass is 127. The number of halogens is 1. The molecule has 0 amide bonds. The van der Waals surface area contributed by atoms with Crippen molar-refractivity contribution < 1.29 is 0 Å². The van der Waals surface area contributed by atoms with E-state index in [0.717, 1.165) is 38.6 Å². The summed E-state index contributed by atoms with van der Waals surface area (Å²) in [4.78, 5) is 9.27. The second-order valence-electron chi connectivity index (χ2n) is 6.65. The van der Waals surface area contributed by atoms with Crippen molar-refractivity contribution in [1.82, 2.24) is 9.80 Å². The predicted molar refractivity (Wildman–Crippen MR) is 114 cm³/mol. The van der Waals surface area contributed by atoms with Gasteiger partial charge >= 0.3 is 0 Å². The molecule has 0 saturated carbocycles. The SMILES string of the molecule is CCN(CC)Cc1cccc(CN=C(N)N2CCCC(C)C2)c1.I. The van der Waals surface area contributed by atoms with E-state index in [1.807, 2.05) is 0 Å². The second kappa shape index (κ2) is 10.9. The molecule has 0 radical (unpaired) electrons. The van der Waals surface area contributed by atoms with E-state index < -0.39 is 0 Å². The maximum atomic E-state index is 6.19. The lowest BCUT2D eigenvalue weighted by Gasteiger charge is -2.31. The van der Waals surface area contributed by atoms with Crippen LogP contribution < -0.4 is 5.73 Å². The zero-order valence-corrected chi connectivity index (χ0v) is 17.7. The van der Waals surface area contributed by atoms with Crippen LogP contribution in [0.25, 0.3) is 0 Å². The Morgan fingerprint density at radius 1 is 1.29 bits per heavy atom. The zero-order chi connectivity index (χ0) is 16.7. The third kappa shape index (κ3) is 6.59. The van der Waals surface area contributed by atoms with E-state index in [9.17, 15) is 0 Å². The predicted octanol–water partition coefficient (Wildman–Crippen LogP) is 3.69. The van der Waals surface area contributed by atoms with E-state index >= 15 is 0 Å². The van der Waals surface area contributed by atoms with Gasteiger partial charge in [0.05, 0.1) is 6.54 Å². The smallest absolute Gasteiger partial charge is 0.191 e. The summed E-state index contributed by atoms with van der Waals surface area (Å²) in [7, 11) is 0. The van der Waals surface area contributed by atoms with Crippen molar-refractivity contribution in [3.63, 3.8) is 0 Å². The van der Waals surface area contributed by atoms with Gasteiger partial charge in [0.2, 0.25) is 0 Å². The fraction of sp³-hybridized carbons (Fsp3) is 0.632. The molecule has 0 bridgehead atoms. The molecule has 1 aromatic carbocycles. The van der Waals surface area contributed by atoms with E-state index in [1.54, 1.807) is 0 Å². The summed E-state index contributed by atoms with van der Waals surface area (Å²) in [5, 5.41) is 0. The molecular formula is C19H33IN4. The first-order chi connectivity index (χ1) is 11.1. The Bertz CT molecular complexity index is 514. The van der Waals surface area contributed by atoms with Crippen molar-refractivity contribution in [2.75, 3.05) is 26.2 Å². The van der Waals surface area contributed by atoms with Crippen molar-refractivity contribution in [2.24, 2.45) is 16.6 Å². The summed E-state index contributed by atoms with van der Waals surface area (Å²) in [5.74, 6) is 1.42. The lowest BCUT2D eigenvalue weighted by molar-refractivity contribution is 0.270. The quantitative estimate of drug-likeness (QED) is 0.414. The molecule has 2 rings (SSSR count). The number of benzene rings is 1. The van der Waals surface area contributed by atoms with Gasteiger partial charge < -0.3 is 10.6 Å². The van der Waals surface area contributed by atoms with Crippen LogP contribution >= 0.6 is 24.0 Å². The number of hydrogen-bond acceptors (Lipinski definition) is 2. The van der Waals surface area contributed by atoms with Crippen molar-refractivity contribution in [2.45, 2.75) is 46.7 Å². The van der Waals surface area contributed by atoms with Crippen molar-refractivity contribution in [1.29, 1.82) is 0 Å². The molecule has 24 heavy (non-hydrogen) atoms. The van der Waals surface area contributed by atoms with Gasteiger partial charge in [-0.2, -0.15) is 0 Å². The molecule has 0 aromatic heterocycles. The lowest BCUT2D eigenvalue weighted by atomic mass is 10.0. The molecular weight excluding hydrogens is 411 g/mol. The average molecular weight is 444 g/mol. The first kappa shape index (κ1) is 21.2. The lowest BCUT2D eigenvalue weighted by Crippen LogP contribution is -2.43. The molecule has 136 valence electrons. The second-order valence-corrected chi connectivity index (χ2v) is 6.65. The minimum atomic E-state index is 0. The van der Waals surface area contributed by atoms with Gasteiger partial charge in [0.25, 0.3) is 0 Å². The summed E-state index contributed by atoms with van der Waals surface area (Å²) >= 11 is 0. The molecule has 1 fully saturated rings. The number of rotatable bonds is 6. The Balaban J connectivity index is 0.00000288. The maximum Gasteiger partial charge on any atom is 0.191 e. The molecule has 1 aromatic rings. The average Bonchev–Trinajstić information content (AvgIpc) is 2.58. The van der Waals surface area contributed by atoms with Crippen LogP contribution in [0.15, 0.2) is 29.3 Å². The molecule has 1 aliphatic heterocycles. The van der Waals surface area contributed by atoms with Gasteiger partial charge in [0.15, 0.2) is 5.96 Å². The van der Waals surface area contributed by atoms with Gasteiger partial charge in [0, 0.05) is 19.6 Å². The zero-order valence-electron chi connectivity index (χ0n) is 15.4. The summed E-state index contributed by atoms with van der Waals surface area (Å²) in [6, 6.07) is 8.72. The first-order valence-corrected chi connectivity index (χ1v) is 8.97. The number of aliphatic imine (C=N–C) groups is 1. The van der Waals surface area contributed by atoms with Gasteiger partial charge in [-0.15, -0.1) is 24.0 Å². The van der Waals surface area contributed by atoms with Crippen LogP contribution in [0.4, 0.5) is 0 Å². The Morgan fingerprint density at radius 3 is 2.67 bits per heavy atom. The molecule has 1 heterocycles. The van der Waals surface area contributed by atoms with Crippen molar-refractivity contribution in [3.8, 4) is 0 Å². The molecule has 5 heteroatoms. The van der Waals surface area contributed by atoms with Gasteiger partial charge in [-0.1, -0.05) is 45.0 Å². The summed E-state index contributed by atoms with van der Waals surface area (Å²) < 4.78 is 0. The number of hydrogen-bond donors (Lipinski definition) is 1. The molecule has 1 unspecified atom stereocenters. The monoisotopic (exact) mass is 444 g/mol. The highest BCUT2D eigenvalue weighted by Gasteiger charge is 2.17. The minimum absolute atomic E-state index is 0. The molecule has 2 N–H and O–H groups in total. The maximum absolute atomic E-state index is 6.19. The number of nitrogens with zero attached hydrogens (tertiary/aromatic N) is 3. The molecule has 1 atom stereocenters. The number of piperidine rings is 1. The van der Waals surface area contributed by atoms with Gasteiger partial charge in [-0.25, -0.2) is 4.99 Å². The summed E-state index contributed by atoms with van der Waals surface area (Å²) in [6.45, 7) is 12.6. The normalized spacial score (nSPS) is 18.6. The van der Waals surface area contributed by atoms with Gasteiger partial charge in [-0.05, 0) is 43.0 Å². The van der Waals surface area contributed by atoms with Crippen LogP contribution in [0.5, 0.6) is 0 Å². The third-order valence-corrected chi connectivity index (χ3v) is 4.70. The standard InChI is InChI=1S/C19H32N4.HI/c1-4-22(5-2)15-18-10-6-9-17(12-18)13-21-19(20)23-11-7-8-16(3)14-23;/h6,9-10,12,16H,4-5,7-8,11,13-15H2,1-3H3,(H2,20,21);1H. The van der Waals surface area contributed by atoms with Gasteiger partial charge in [-0.3, -0.25) is 4.90 Å². The number of nitrogens with two attached hydrogens (primary N) is 1. The highest BCUT2D eigenvalue weighted by molar-refractivity contribution is 14.0. The van der Waals surface area contributed by atoms with Crippen LogP contribution in [-0.2, 0) is 13.1 Å². The molecule has 0 spiro atoms. The minimum Gasteiger partial charge on any atom is -0.370 e. The van der Waals surface area contributed by atoms with Crippen LogP contribution in [0.2, 0.25) is 0 Å².